The molecule has 3 rings (SSSR count). The minimum absolute atomic E-state index is 0.332. The van der Waals surface area contributed by atoms with Crippen LogP contribution in [0.15, 0.2) is 24.3 Å². The van der Waals surface area contributed by atoms with Gasteiger partial charge in [-0.05, 0) is 49.3 Å². The third-order valence-corrected chi connectivity index (χ3v) is 5.44. The third kappa shape index (κ3) is 3.49. The van der Waals surface area contributed by atoms with E-state index in [2.05, 4.69) is 36.1 Å². The van der Waals surface area contributed by atoms with E-state index in [1.165, 1.54) is 50.6 Å². The van der Waals surface area contributed by atoms with E-state index in [4.69, 9.17) is 0 Å². The van der Waals surface area contributed by atoms with Crippen LogP contribution in [0.3, 0.4) is 0 Å². The third-order valence-electron chi connectivity index (χ3n) is 5.44. The van der Waals surface area contributed by atoms with Crippen LogP contribution in [0.5, 0.6) is 0 Å². The number of β-amino-alcohol motifs (C(OH)–C–C–N with tert-alkyl or cyclic N) is 1. The first-order valence-corrected chi connectivity index (χ1v) is 8.79. The van der Waals surface area contributed by atoms with Gasteiger partial charge in [0.25, 0.3) is 0 Å². The van der Waals surface area contributed by atoms with Crippen molar-refractivity contribution in [2.45, 2.75) is 64.0 Å². The van der Waals surface area contributed by atoms with Crippen LogP contribution < -0.4 is 0 Å². The van der Waals surface area contributed by atoms with Crippen LogP contribution in [0.4, 0.5) is 0 Å². The largest absolute Gasteiger partial charge is 0.387 e. The molecule has 0 spiro atoms. The number of likely N-dealkylation sites (tertiary alicyclic amines) is 1. The maximum absolute atomic E-state index is 10.6. The van der Waals surface area contributed by atoms with Gasteiger partial charge in [0, 0.05) is 12.6 Å². The Hall–Kier alpha value is -0.860. The fourth-order valence-corrected chi connectivity index (χ4v) is 4.25. The number of fused-ring (bicyclic) bond motifs is 1. The molecular formula is C19H29NO. The smallest absolute Gasteiger partial charge is 0.0917 e. The van der Waals surface area contributed by atoms with Gasteiger partial charge in [-0.2, -0.15) is 0 Å². The Bertz CT molecular complexity index is 441. The number of benzene rings is 1. The summed E-state index contributed by atoms with van der Waals surface area (Å²) in [5, 5.41) is 10.6. The first-order chi connectivity index (χ1) is 10.3. The molecule has 0 aromatic heterocycles. The summed E-state index contributed by atoms with van der Waals surface area (Å²) in [6, 6.07) is 9.33. The standard InChI is InChI=1S/C19H29NO/c1-2-5-15-8-10-17(11-9-15)19(21)14-20-13-12-16-6-3-4-7-18(16)20/h8-11,16,18-19,21H,2-7,12-14H2,1H3. The van der Waals surface area contributed by atoms with Crippen molar-refractivity contribution >= 4 is 0 Å². The number of aliphatic hydroxyl groups is 1. The van der Waals surface area contributed by atoms with E-state index >= 15 is 0 Å². The van der Waals surface area contributed by atoms with Crippen molar-refractivity contribution in [3.8, 4) is 0 Å². The molecule has 2 fully saturated rings. The molecule has 21 heavy (non-hydrogen) atoms. The summed E-state index contributed by atoms with van der Waals surface area (Å²) in [6.45, 7) is 4.20. The molecule has 116 valence electrons. The van der Waals surface area contributed by atoms with Crippen molar-refractivity contribution in [1.29, 1.82) is 0 Å². The lowest BCUT2D eigenvalue weighted by Gasteiger charge is -2.32. The van der Waals surface area contributed by atoms with Gasteiger partial charge >= 0.3 is 0 Å². The zero-order valence-corrected chi connectivity index (χ0v) is 13.3. The maximum Gasteiger partial charge on any atom is 0.0917 e. The van der Waals surface area contributed by atoms with Crippen molar-refractivity contribution in [3.05, 3.63) is 35.4 Å². The van der Waals surface area contributed by atoms with Crippen molar-refractivity contribution < 1.29 is 5.11 Å². The summed E-state index contributed by atoms with van der Waals surface area (Å²) < 4.78 is 0. The quantitative estimate of drug-likeness (QED) is 0.886. The predicted octanol–water partition coefficient (Wildman–Crippen LogP) is 3.94. The molecule has 0 bridgehead atoms. The van der Waals surface area contributed by atoms with E-state index in [0.717, 1.165) is 30.5 Å². The molecule has 2 aliphatic rings. The molecule has 1 aliphatic carbocycles. The molecule has 1 aromatic carbocycles. The van der Waals surface area contributed by atoms with Crippen LogP contribution in [0.1, 0.15) is 62.7 Å². The molecule has 3 atom stereocenters. The lowest BCUT2D eigenvalue weighted by molar-refractivity contribution is 0.0893. The van der Waals surface area contributed by atoms with Crippen molar-refractivity contribution in [2.75, 3.05) is 13.1 Å². The zero-order valence-electron chi connectivity index (χ0n) is 13.3. The average molecular weight is 287 g/mol. The van der Waals surface area contributed by atoms with Gasteiger partial charge in [0.1, 0.15) is 0 Å². The lowest BCUT2D eigenvalue weighted by Crippen LogP contribution is -2.37. The number of hydrogen-bond donors (Lipinski definition) is 1. The van der Waals surface area contributed by atoms with E-state index in [-0.39, 0.29) is 6.10 Å². The van der Waals surface area contributed by atoms with Crippen LogP contribution >= 0.6 is 0 Å². The highest BCUT2D eigenvalue weighted by atomic mass is 16.3. The summed E-state index contributed by atoms with van der Waals surface area (Å²) in [5.74, 6) is 0.901. The SMILES string of the molecule is CCCc1ccc(C(O)CN2CCC3CCCCC32)cc1. The van der Waals surface area contributed by atoms with Gasteiger partial charge in [0.15, 0.2) is 0 Å². The zero-order chi connectivity index (χ0) is 14.7. The Labute approximate surface area is 129 Å². The summed E-state index contributed by atoms with van der Waals surface area (Å²) in [5.41, 5.74) is 2.45. The number of aliphatic hydroxyl groups excluding tert-OH is 1. The van der Waals surface area contributed by atoms with E-state index in [1.807, 2.05) is 0 Å². The Kier molecular flexibility index (Phi) is 4.97. The second-order valence-corrected chi connectivity index (χ2v) is 6.90. The lowest BCUT2D eigenvalue weighted by atomic mass is 9.85. The van der Waals surface area contributed by atoms with Crippen LogP contribution in [0, 0.1) is 5.92 Å². The molecule has 0 amide bonds. The second-order valence-electron chi connectivity index (χ2n) is 6.90. The van der Waals surface area contributed by atoms with Crippen molar-refractivity contribution in [3.63, 3.8) is 0 Å². The molecular weight excluding hydrogens is 258 g/mol. The Morgan fingerprint density at radius 1 is 1.14 bits per heavy atom. The van der Waals surface area contributed by atoms with Crippen LogP contribution in [0.2, 0.25) is 0 Å². The highest BCUT2D eigenvalue weighted by Gasteiger charge is 2.36. The summed E-state index contributed by atoms with van der Waals surface area (Å²) in [6.07, 6.45) is 8.85. The molecule has 1 N–H and O–H groups in total. The molecule has 1 saturated carbocycles. The van der Waals surface area contributed by atoms with Gasteiger partial charge in [0.05, 0.1) is 6.10 Å². The van der Waals surface area contributed by atoms with E-state index in [0.29, 0.717) is 0 Å². The molecule has 3 unspecified atom stereocenters. The first kappa shape index (κ1) is 15.1. The molecule has 1 saturated heterocycles. The second kappa shape index (κ2) is 6.93. The van der Waals surface area contributed by atoms with Crippen LogP contribution in [0.25, 0.3) is 0 Å². The minimum Gasteiger partial charge on any atom is -0.387 e. The van der Waals surface area contributed by atoms with Crippen LogP contribution in [-0.4, -0.2) is 29.1 Å². The van der Waals surface area contributed by atoms with Gasteiger partial charge in [0.2, 0.25) is 0 Å². The monoisotopic (exact) mass is 287 g/mol. The van der Waals surface area contributed by atoms with Gasteiger partial charge in [-0.15, -0.1) is 0 Å². The first-order valence-electron chi connectivity index (χ1n) is 8.79. The van der Waals surface area contributed by atoms with Crippen LogP contribution in [-0.2, 0) is 6.42 Å². The summed E-state index contributed by atoms with van der Waals surface area (Å²) in [7, 11) is 0. The summed E-state index contributed by atoms with van der Waals surface area (Å²) in [4.78, 5) is 2.55. The molecule has 1 aromatic rings. The molecule has 2 heteroatoms. The van der Waals surface area contributed by atoms with E-state index < -0.39 is 0 Å². The van der Waals surface area contributed by atoms with Crippen molar-refractivity contribution in [1.82, 2.24) is 4.90 Å². The predicted molar refractivity (Wildman–Crippen MR) is 87.3 cm³/mol. The Balaban J connectivity index is 1.59. The van der Waals surface area contributed by atoms with Gasteiger partial charge < -0.3 is 5.11 Å². The highest BCUT2D eigenvalue weighted by Crippen LogP contribution is 2.36. The molecule has 1 aliphatic heterocycles. The number of rotatable bonds is 5. The number of nitrogens with zero attached hydrogens (tertiary/aromatic N) is 1. The molecule has 1 heterocycles. The maximum atomic E-state index is 10.6. The minimum atomic E-state index is -0.332. The fourth-order valence-electron chi connectivity index (χ4n) is 4.25. The summed E-state index contributed by atoms with van der Waals surface area (Å²) >= 11 is 0. The number of aryl methyl sites for hydroxylation is 1. The van der Waals surface area contributed by atoms with Gasteiger partial charge in [-0.3, -0.25) is 4.90 Å². The Morgan fingerprint density at radius 3 is 2.67 bits per heavy atom. The van der Waals surface area contributed by atoms with Gasteiger partial charge in [-0.1, -0.05) is 50.5 Å². The van der Waals surface area contributed by atoms with Crippen molar-refractivity contribution in [2.24, 2.45) is 5.92 Å². The number of hydrogen-bond acceptors (Lipinski definition) is 2. The normalized spacial score (nSPS) is 27.5. The molecule has 0 radical (unpaired) electrons. The van der Waals surface area contributed by atoms with E-state index in [1.54, 1.807) is 0 Å². The highest BCUT2D eigenvalue weighted by molar-refractivity contribution is 5.24. The van der Waals surface area contributed by atoms with Gasteiger partial charge in [-0.25, -0.2) is 0 Å². The topological polar surface area (TPSA) is 23.5 Å². The Morgan fingerprint density at radius 2 is 1.90 bits per heavy atom. The average Bonchev–Trinajstić information content (AvgIpc) is 2.92. The van der Waals surface area contributed by atoms with E-state index in [9.17, 15) is 5.11 Å². The molecule has 2 nitrogen and oxygen atoms in total. The fraction of sp³-hybridized carbons (Fsp3) is 0.684.